The maximum Gasteiger partial charge on any atom is 0.244 e. The Hall–Kier alpha value is 0.0500. The Morgan fingerprint density at radius 1 is 1.35 bits per heavy atom. The highest BCUT2D eigenvalue weighted by Crippen LogP contribution is 2.33. The molecule has 0 radical (unpaired) electrons. The van der Waals surface area contributed by atoms with Crippen molar-refractivity contribution in [2.24, 2.45) is 0 Å². The molecule has 1 aromatic rings. The van der Waals surface area contributed by atoms with Crippen molar-refractivity contribution in [3.05, 3.63) is 14.7 Å². The van der Waals surface area contributed by atoms with Gasteiger partial charge in [0.05, 0.1) is 3.79 Å². The highest BCUT2D eigenvalue weighted by molar-refractivity contribution is 9.11. The van der Waals surface area contributed by atoms with E-state index in [1.54, 1.807) is 13.1 Å². The fourth-order valence-corrected chi connectivity index (χ4v) is 5.53. The maximum atomic E-state index is 12.5. The van der Waals surface area contributed by atoms with Crippen LogP contribution in [0.3, 0.4) is 0 Å². The SMILES string of the molecule is CCCCN(C)S(=O)(=O)c1cc(CNCCC)sc1Br. The maximum absolute atomic E-state index is 12.5. The van der Waals surface area contributed by atoms with Crippen molar-refractivity contribution in [2.45, 2.75) is 44.6 Å². The Morgan fingerprint density at radius 3 is 2.65 bits per heavy atom. The molecule has 1 N–H and O–H groups in total. The van der Waals surface area contributed by atoms with Crippen LogP contribution in [-0.4, -0.2) is 32.9 Å². The number of nitrogens with zero attached hydrogens (tertiary/aromatic N) is 1. The van der Waals surface area contributed by atoms with Crippen LogP contribution in [0.25, 0.3) is 0 Å². The van der Waals surface area contributed by atoms with Crippen LogP contribution >= 0.6 is 27.3 Å². The van der Waals surface area contributed by atoms with Gasteiger partial charge in [0.2, 0.25) is 10.0 Å². The third kappa shape index (κ3) is 4.80. The van der Waals surface area contributed by atoms with E-state index in [9.17, 15) is 8.42 Å². The molecule has 0 aromatic carbocycles. The van der Waals surface area contributed by atoms with Gasteiger partial charge in [-0.2, -0.15) is 0 Å². The molecule has 1 aromatic heterocycles. The second kappa shape index (κ2) is 8.48. The van der Waals surface area contributed by atoms with Crippen LogP contribution in [0.15, 0.2) is 14.7 Å². The number of rotatable bonds is 9. The van der Waals surface area contributed by atoms with E-state index in [4.69, 9.17) is 0 Å². The summed E-state index contributed by atoms with van der Waals surface area (Å²) >= 11 is 4.86. The van der Waals surface area contributed by atoms with Gasteiger partial charge in [0, 0.05) is 25.0 Å². The zero-order chi connectivity index (χ0) is 15.2. The van der Waals surface area contributed by atoms with E-state index in [1.165, 1.54) is 15.6 Å². The van der Waals surface area contributed by atoms with Crippen molar-refractivity contribution in [3.8, 4) is 0 Å². The van der Waals surface area contributed by atoms with E-state index < -0.39 is 10.0 Å². The van der Waals surface area contributed by atoms with E-state index in [2.05, 4.69) is 35.1 Å². The molecule has 4 nitrogen and oxygen atoms in total. The molecule has 1 rings (SSSR count). The summed E-state index contributed by atoms with van der Waals surface area (Å²) in [6.07, 6.45) is 2.93. The lowest BCUT2D eigenvalue weighted by molar-refractivity contribution is 0.459. The van der Waals surface area contributed by atoms with Gasteiger partial charge in [-0.3, -0.25) is 0 Å². The van der Waals surface area contributed by atoms with Crippen LogP contribution in [0.2, 0.25) is 0 Å². The van der Waals surface area contributed by atoms with Crippen LogP contribution < -0.4 is 5.32 Å². The molecule has 116 valence electrons. The summed E-state index contributed by atoms with van der Waals surface area (Å²) in [6.45, 7) is 6.37. The predicted octanol–water partition coefficient (Wildman–Crippen LogP) is 3.43. The minimum Gasteiger partial charge on any atom is -0.312 e. The van der Waals surface area contributed by atoms with Gasteiger partial charge in [-0.1, -0.05) is 20.3 Å². The van der Waals surface area contributed by atoms with Gasteiger partial charge in [0.1, 0.15) is 4.90 Å². The number of hydrogen-bond acceptors (Lipinski definition) is 4. The molecular weight excluding hydrogens is 360 g/mol. The van der Waals surface area contributed by atoms with Crippen molar-refractivity contribution in [3.63, 3.8) is 0 Å². The van der Waals surface area contributed by atoms with Gasteiger partial charge in [0.25, 0.3) is 0 Å². The smallest absolute Gasteiger partial charge is 0.244 e. The average molecular weight is 383 g/mol. The summed E-state index contributed by atoms with van der Waals surface area (Å²) in [5, 5.41) is 3.29. The molecule has 0 saturated carbocycles. The largest absolute Gasteiger partial charge is 0.312 e. The van der Waals surface area contributed by atoms with Crippen molar-refractivity contribution >= 4 is 37.3 Å². The van der Waals surface area contributed by atoms with Crippen LogP contribution in [0.1, 0.15) is 38.0 Å². The number of halogens is 1. The molecule has 0 spiro atoms. The molecule has 0 bridgehead atoms. The van der Waals surface area contributed by atoms with Gasteiger partial charge >= 0.3 is 0 Å². The van der Waals surface area contributed by atoms with Gasteiger partial charge in [-0.05, 0) is 41.4 Å². The molecule has 7 heteroatoms. The van der Waals surface area contributed by atoms with Crippen LogP contribution in [0, 0.1) is 0 Å². The van der Waals surface area contributed by atoms with E-state index in [0.717, 1.165) is 30.7 Å². The molecule has 0 aliphatic rings. The first-order valence-corrected chi connectivity index (χ1v) is 9.93. The van der Waals surface area contributed by atoms with Crippen molar-refractivity contribution in [1.82, 2.24) is 9.62 Å². The first kappa shape index (κ1) is 18.1. The molecule has 0 unspecified atom stereocenters. The molecule has 20 heavy (non-hydrogen) atoms. The Balaban J connectivity index is 2.84. The number of thiophene rings is 1. The topological polar surface area (TPSA) is 49.4 Å². The Bertz CT molecular complexity index is 514. The lowest BCUT2D eigenvalue weighted by Gasteiger charge is -2.16. The molecule has 0 aliphatic heterocycles. The number of nitrogens with one attached hydrogen (secondary N) is 1. The number of unbranched alkanes of at least 4 members (excludes halogenated alkanes) is 1. The van der Waals surface area contributed by atoms with Crippen LogP contribution in [0.4, 0.5) is 0 Å². The van der Waals surface area contributed by atoms with E-state index in [-0.39, 0.29) is 0 Å². The van der Waals surface area contributed by atoms with E-state index >= 15 is 0 Å². The summed E-state index contributed by atoms with van der Waals surface area (Å²) in [4.78, 5) is 1.42. The molecule has 0 amide bonds. The highest BCUT2D eigenvalue weighted by atomic mass is 79.9. The van der Waals surface area contributed by atoms with Gasteiger partial charge in [-0.25, -0.2) is 12.7 Å². The minimum absolute atomic E-state index is 0.384. The molecule has 0 fully saturated rings. The first-order chi connectivity index (χ1) is 9.43. The first-order valence-electron chi connectivity index (χ1n) is 6.88. The molecule has 0 aliphatic carbocycles. The van der Waals surface area contributed by atoms with Crippen molar-refractivity contribution in [1.29, 1.82) is 0 Å². The summed E-state index contributed by atoms with van der Waals surface area (Å²) in [7, 11) is -1.74. The Labute approximate surface area is 134 Å². The van der Waals surface area contributed by atoms with Gasteiger partial charge in [0.15, 0.2) is 0 Å². The second-order valence-corrected chi connectivity index (χ2v) is 9.18. The number of sulfonamides is 1. The summed E-state index contributed by atoms with van der Waals surface area (Å²) < 4.78 is 27.1. The van der Waals surface area contributed by atoms with E-state index in [0.29, 0.717) is 21.8 Å². The lowest BCUT2D eigenvalue weighted by Crippen LogP contribution is -2.27. The quantitative estimate of drug-likeness (QED) is 0.665. The number of hydrogen-bond donors (Lipinski definition) is 1. The van der Waals surface area contributed by atoms with Crippen LogP contribution in [0.5, 0.6) is 0 Å². The monoisotopic (exact) mass is 382 g/mol. The zero-order valence-electron chi connectivity index (χ0n) is 12.3. The minimum atomic E-state index is -3.38. The fraction of sp³-hybridized carbons (Fsp3) is 0.692. The molecule has 0 saturated heterocycles. The molecule has 1 heterocycles. The second-order valence-electron chi connectivity index (χ2n) is 4.71. The normalized spacial score (nSPS) is 12.2. The summed E-state index contributed by atoms with van der Waals surface area (Å²) in [5.41, 5.74) is 0. The van der Waals surface area contributed by atoms with Crippen LogP contribution in [-0.2, 0) is 16.6 Å². The van der Waals surface area contributed by atoms with Crippen molar-refractivity contribution < 1.29 is 8.42 Å². The van der Waals surface area contributed by atoms with E-state index in [1.807, 2.05) is 0 Å². The molecule has 0 atom stereocenters. The van der Waals surface area contributed by atoms with Gasteiger partial charge in [-0.15, -0.1) is 11.3 Å². The van der Waals surface area contributed by atoms with Crippen molar-refractivity contribution in [2.75, 3.05) is 20.1 Å². The Morgan fingerprint density at radius 2 is 2.05 bits per heavy atom. The fourth-order valence-electron chi connectivity index (χ4n) is 1.72. The summed E-state index contributed by atoms with van der Waals surface area (Å²) in [6, 6.07) is 1.77. The highest BCUT2D eigenvalue weighted by Gasteiger charge is 2.25. The standard InChI is InChI=1S/C13H23BrN2O2S2/c1-4-6-8-16(3)20(17,18)12-9-11(19-13(12)14)10-15-7-5-2/h9,15H,4-8,10H2,1-3H3. The third-order valence-electron chi connectivity index (χ3n) is 2.95. The summed E-state index contributed by atoms with van der Waals surface area (Å²) in [5.74, 6) is 0. The van der Waals surface area contributed by atoms with Gasteiger partial charge < -0.3 is 5.32 Å². The zero-order valence-corrected chi connectivity index (χ0v) is 15.5. The average Bonchev–Trinajstić information content (AvgIpc) is 2.78. The lowest BCUT2D eigenvalue weighted by atomic mass is 10.3. The molecular formula is C13H23BrN2O2S2. The third-order valence-corrected chi connectivity index (χ3v) is 7.06. The Kier molecular flexibility index (Phi) is 7.68. The predicted molar refractivity (Wildman–Crippen MR) is 88.7 cm³/mol.